The number of anilines is 1. The minimum absolute atomic E-state index is 0.100. The Balaban J connectivity index is 2.02. The van der Waals surface area contributed by atoms with Gasteiger partial charge in [0.15, 0.2) is 0 Å². The first-order valence-electron chi connectivity index (χ1n) is 8.99. The Morgan fingerprint density at radius 2 is 1.70 bits per heavy atom. The summed E-state index contributed by atoms with van der Waals surface area (Å²) in [5.41, 5.74) is 1.51. The molecule has 0 aliphatic carbocycles. The molecule has 0 spiro atoms. The van der Waals surface area contributed by atoms with E-state index in [0.29, 0.717) is 38.3 Å². The van der Waals surface area contributed by atoms with E-state index < -0.39 is 9.84 Å². The molecule has 0 aliphatic rings. The van der Waals surface area contributed by atoms with Crippen LogP contribution in [0, 0.1) is 0 Å². The molecular weight excluding hydrogens is 424 g/mol. The second-order valence-corrected chi connectivity index (χ2v) is 9.02. The summed E-state index contributed by atoms with van der Waals surface area (Å²) in [6, 6.07) is 16.1. The summed E-state index contributed by atoms with van der Waals surface area (Å²) in [7, 11) is -2.41. The summed E-state index contributed by atoms with van der Waals surface area (Å²) >= 11 is 6.12. The number of carbonyl (C=O) groups is 1. The van der Waals surface area contributed by atoms with Crippen LogP contribution < -0.4 is 10.1 Å². The van der Waals surface area contributed by atoms with Crippen LogP contribution in [-0.2, 0) is 14.6 Å². The molecule has 4 aromatic rings. The number of fused-ring (bicyclic) bond motifs is 2. The molecule has 1 N–H and O–H groups in total. The third kappa shape index (κ3) is 3.58. The average Bonchev–Trinajstić information content (AvgIpc) is 2.71. The van der Waals surface area contributed by atoms with E-state index in [1.807, 2.05) is 0 Å². The molecule has 0 bridgehead atoms. The van der Waals surface area contributed by atoms with Gasteiger partial charge >= 0.3 is 0 Å². The van der Waals surface area contributed by atoms with Crippen molar-refractivity contribution in [1.29, 1.82) is 0 Å². The molecule has 0 saturated carbocycles. The van der Waals surface area contributed by atoms with Gasteiger partial charge in [0.05, 0.1) is 27.9 Å². The Bertz CT molecular complexity index is 1400. The summed E-state index contributed by atoms with van der Waals surface area (Å²) in [4.78, 5) is 16.0. The third-order valence-electron chi connectivity index (χ3n) is 4.65. The van der Waals surface area contributed by atoms with E-state index in [1.165, 1.54) is 26.2 Å². The highest BCUT2D eigenvalue weighted by atomic mass is 35.5. The van der Waals surface area contributed by atoms with Crippen LogP contribution in [0.2, 0.25) is 5.02 Å². The molecule has 3 aromatic carbocycles. The number of halogens is 1. The second-order valence-electron chi connectivity index (χ2n) is 6.69. The van der Waals surface area contributed by atoms with Gasteiger partial charge in [-0.15, -0.1) is 0 Å². The first-order valence-corrected chi connectivity index (χ1v) is 10.9. The van der Waals surface area contributed by atoms with Crippen LogP contribution in [0.25, 0.3) is 21.8 Å². The Labute approximate surface area is 178 Å². The van der Waals surface area contributed by atoms with E-state index in [-0.39, 0.29) is 15.7 Å². The SMILES string of the molecule is COc1ccc2nc3cc(Cl)ccc3c(S(=O)(=O)c3ccc(NC(C)=O)cc3)c2c1. The number of benzene rings is 3. The maximum Gasteiger partial charge on any atom is 0.221 e. The number of sulfone groups is 1. The average molecular weight is 441 g/mol. The Morgan fingerprint density at radius 1 is 0.967 bits per heavy atom. The number of pyridine rings is 1. The van der Waals surface area contributed by atoms with Crippen LogP contribution >= 0.6 is 11.6 Å². The molecule has 1 heterocycles. The van der Waals surface area contributed by atoms with Crippen molar-refractivity contribution in [3.63, 3.8) is 0 Å². The number of ether oxygens (including phenoxy) is 1. The molecule has 0 unspecified atom stereocenters. The Morgan fingerprint density at radius 3 is 2.37 bits per heavy atom. The number of nitrogens with one attached hydrogen (secondary N) is 1. The smallest absolute Gasteiger partial charge is 0.221 e. The molecule has 0 atom stereocenters. The normalized spacial score (nSPS) is 11.6. The van der Waals surface area contributed by atoms with Gasteiger partial charge in [-0.1, -0.05) is 11.6 Å². The van der Waals surface area contributed by atoms with Crippen LogP contribution in [0.4, 0.5) is 5.69 Å². The lowest BCUT2D eigenvalue weighted by Gasteiger charge is -2.13. The molecule has 8 heteroatoms. The number of methoxy groups -OCH3 is 1. The van der Waals surface area contributed by atoms with Gasteiger partial charge in [0, 0.05) is 28.4 Å². The summed E-state index contributed by atoms with van der Waals surface area (Å²) in [5, 5.41) is 4.01. The summed E-state index contributed by atoms with van der Waals surface area (Å²) in [6.45, 7) is 1.39. The minimum Gasteiger partial charge on any atom is -0.497 e. The van der Waals surface area contributed by atoms with Gasteiger partial charge in [-0.25, -0.2) is 13.4 Å². The monoisotopic (exact) mass is 440 g/mol. The first kappa shape index (κ1) is 20.1. The second kappa shape index (κ2) is 7.59. The summed E-state index contributed by atoms with van der Waals surface area (Å²) in [6.07, 6.45) is 0. The number of amides is 1. The molecular formula is C22H17ClN2O4S. The molecule has 1 aromatic heterocycles. The molecule has 152 valence electrons. The number of rotatable bonds is 4. The quantitative estimate of drug-likeness (QED) is 0.459. The van der Waals surface area contributed by atoms with Crippen molar-refractivity contribution >= 4 is 54.8 Å². The summed E-state index contributed by atoms with van der Waals surface area (Å²) < 4.78 is 32.7. The van der Waals surface area contributed by atoms with Gasteiger partial charge in [-0.2, -0.15) is 0 Å². The van der Waals surface area contributed by atoms with Crippen LogP contribution in [0.15, 0.2) is 70.5 Å². The largest absolute Gasteiger partial charge is 0.497 e. The predicted octanol–water partition coefficient (Wildman–Crippen LogP) is 4.84. The number of hydrogen-bond acceptors (Lipinski definition) is 5. The van der Waals surface area contributed by atoms with E-state index in [9.17, 15) is 13.2 Å². The fourth-order valence-corrected chi connectivity index (χ4v) is 5.13. The standard InChI is InChI=1S/C22H17ClN2O4S/c1-13(26)24-15-4-7-17(8-5-15)30(27,28)22-18-9-3-14(23)11-21(18)25-20-10-6-16(29-2)12-19(20)22/h3-12H,1-2H3,(H,24,26). The van der Waals surface area contributed by atoms with E-state index in [1.54, 1.807) is 48.5 Å². The Kier molecular flexibility index (Phi) is 5.09. The zero-order valence-corrected chi connectivity index (χ0v) is 17.7. The lowest BCUT2D eigenvalue weighted by atomic mass is 10.1. The van der Waals surface area contributed by atoms with Crippen molar-refractivity contribution < 1.29 is 17.9 Å². The Hall–Kier alpha value is -3.16. The van der Waals surface area contributed by atoms with E-state index in [2.05, 4.69) is 10.3 Å². The number of aromatic nitrogens is 1. The lowest BCUT2D eigenvalue weighted by molar-refractivity contribution is -0.114. The van der Waals surface area contributed by atoms with Gasteiger partial charge in [-0.3, -0.25) is 4.79 Å². The highest BCUT2D eigenvalue weighted by Crippen LogP contribution is 2.36. The zero-order chi connectivity index (χ0) is 21.5. The number of carbonyl (C=O) groups excluding carboxylic acids is 1. The van der Waals surface area contributed by atoms with Crippen LogP contribution in [0.5, 0.6) is 5.75 Å². The van der Waals surface area contributed by atoms with E-state index >= 15 is 0 Å². The van der Waals surface area contributed by atoms with Gasteiger partial charge in [-0.05, 0) is 60.7 Å². The predicted molar refractivity (Wildman–Crippen MR) is 117 cm³/mol. The lowest BCUT2D eigenvalue weighted by Crippen LogP contribution is -2.07. The number of hydrogen-bond donors (Lipinski definition) is 1. The van der Waals surface area contributed by atoms with Crippen molar-refractivity contribution in [2.45, 2.75) is 16.7 Å². The molecule has 6 nitrogen and oxygen atoms in total. The molecule has 0 radical (unpaired) electrons. The van der Waals surface area contributed by atoms with Gasteiger partial charge in [0.25, 0.3) is 0 Å². The van der Waals surface area contributed by atoms with E-state index in [0.717, 1.165) is 0 Å². The molecule has 30 heavy (non-hydrogen) atoms. The fourth-order valence-electron chi connectivity index (χ4n) is 3.31. The van der Waals surface area contributed by atoms with Crippen molar-refractivity contribution in [2.75, 3.05) is 12.4 Å². The van der Waals surface area contributed by atoms with Gasteiger partial charge in [0.2, 0.25) is 15.7 Å². The van der Waals surface area contributed by atoms with Crippen LogP contribution in [-0.4, -0.2) is 26.4 Å². The summed E-state index contributed by atoms with van der Waals surface area (Å²) in [5.74, 6) is 0.288. The van der Waals surface area contributed by atoms with Crippen molar-refractivity contribution in [2.24, 2.45) is 0 Å². The van der Waals surface area contributed by atoms with Crippen molar-refractivity contribution in [3.8, 4) is 5.75 Å². The van der Waals surface area contributed by atoms with Crippen LogP contribution in [0.1, 0.15) is 6.92 Å². The molecule has 4 rings (SSSR count). The van der Waals surface area contributed by atoms with Crippen LogP contribution in [0.3, 0.4) is 0 Å². The molecule has 0 fully saturated rings. The topological polar surface area (TPSA) is 85.4 Å². The van der Waals surface area contributed by atoms with Crippen molar-refractivity contribution in [1.82, 2.24) is 4.98 Å². The molecule has 1 amide bonds. The number of nitrogens with zero attached hydrogens (tertiary/aromatic N) is 1. The highest BCUT2D eigenvalue weighted by molar-refractivity contribution is 7.92. The fraction of sp³-hybridized carbons (Fsp3) is 0.0909. The third-order valence-corrected chi connectivity index (χ3v) is 6.75. The van der Waals surface area contributed by atoms with Crippen molar-refractivity contribution in [3.05, 3.63) is 65.7 Å². The zero-order valence-electron chi connectivity index (χ0n) is 16.1. The van der Waals surface area contributed by atoms with Gasteiger partial charge < -0.3 is 10.1 Å². The minimum atomic E-state index is -3.93. The molecule has 0 aliphatic heterocycles. The molecule has 0 saturated heterocycles. The van der Waals surface area contributed by atoms with Gasteiger partial charge in [0.1, 0.15) is 5.75 Å². The maximum absolute atomic E-state index is 13.7. The first-order chi connectivity index (χ1) is 14.3. The highest BCUT2D eigenvalue weighted by Gasteiger charge is 2.25. The maximum atomic E-state index is 13.7. The van der Waals surface area contributed by atoms with E-state index in [4.69, 9.17) is 16.3 Å².